The monoisotopic (exact) mass is 1570 g/mol. The number of ether oxygens (including phenoxy) is 1. The Labute approximate surface area is 686 Å². The summed E-state index contributed by atoms with van der Waals surface area (Å²) in [6, 6.07) is 24.9. The summed E-state index contributed by atoms with van der Waals surface area (Å²) in [4.78, 5) is 0. The summed E-state index contributed by atoms with van der Waals surface area (Å²) in [7, 11) is 1.79. The van der Waals surface area contributed by atoms with Crippen LogP contribution in [-0.2, 0) is 4.74 Å². The second-order valence-electron chi connectivity index (χ2n) is 41.3. The molecule has 16 aliphatic carbocycles. The van der Waals surface area contributed by atoms with Gasteiger partial charge < -0.3 is 50.7 Å². The number of aromatic nitrogens is 4. The van der Waals surface area contributed by atoms with Gasteiger partial charge in [-0.05, 0) is 298 Å². The molecule has 0 unspecified atom stereocenters. The van der Waals surface area contributed by atoms with Crippen LogP contribution in [0.4, 0.5) is 0 Å². The fourth-order valence-corrected chi connectivity index (χ4v) is 30.6. The van der Waals surface area contributed by atoms with Crippen LogP contribution in [0, 0.1) is 114 Å². The molecule has 28 atom stereocenters. The number of hydrogen-bond acceptors (Lipinski definition) is 10. The molecule has 8 fully saturated rings. The highest BCUT2D eigenvalue weighted by Crippen LogP contribution is 2.72. The molecule has 0 amide bonds. The quantitative estimate of drug-likeness (QED) is 0.0632. The number of fused-ring (bicyclic) bond motifs is 20. The molecular formula is C101H138N4O10+4. The van der Waals surface area contributed by atoms with E-state index in [4.69, 9.17) is 4.74 Å². The molecule has 0 saturated heterocycles. The normalized spacial score (nSPS) is 44.3. The van der Waals surface area contributed by atoms with E-state index in [9.17, 15) is 46.0 Å². The van der Waals surface area contributed by atoms with Crippen molar-refractivity contribution in [1.82, 2.24) is 0 Å². The van der Waals surface area contributed by atoms with Crippen LogP contribution in [0.25, 0.3) is 22.8 Å². The summed E-state index contributed by atoms with van der Waals surface area (Å²) in [5.41, 5.74) is 15.5. The van der Waals surface area contributed by atoms with Crippen molar-refractivity contribution >= 4 is 22.8 Å². The molecule has 0 aliphatic heterocycles. The van der Waals surface area contributed by atoms with Gasteiger partial charge in [-0.3, -0.25) is 0 Å². The molecule has 0 spiro atoms. The van der Waals surface area contributed by atoms with Gasteiger partial charge in [0.15, 0.2) is 72.4 Å². The van der Waals surface area contributed by atoms with Crippen LogP contribution >= 0.6 is 0 Å². The van der Waals surface area contributed by atoms with Gasteiger partial charge in [0.2, 0.25) is 5.70 Å². The van der Waals surface area contributed by atoms with Crippen molar-refractivity contribution in [2.75, 3.05) is 13.7 Å². The first-order valence-electron chi connectivity index (χ1n) is 45.2. The topological polar surface area (TPSA) is 207 Å². The molecule has 9 N–H and O–H groups in total. The smallest absolute Gasteiger partial charge is 0.230 e. The summed E-state index contributed by atoms with van der Waals surface area (Å²) in [6.07, 6.45) is 47.7. The van der Waals surface area contributed by atoms with E-state index in [0.29, 0.717) is 59.7 Å². The standard InChI is InChI=1S/C26H36NO2.2C25H34NO3.C25H34NO2/c1-4-26-11-9-20-23(22(29)16-18-15-19(28)8-10-25(18,20)3)21(26)14-17(2)24(26)27-12-6-5-7-13-27;1-24-9-7-17(27)13-16(24)14-20(28)22-18(24)8-10-25(2)19(22)15-21(29-3)23(25)26-11-5-4-6-12-26;1-16-12-20-22-19(24(2)8-6-18(28)13-17(24)14-21(22)29)7-9-25(20,15-27)23(16)26-10-4-3-5-11-26;1-16-13-20-22-19(24(2)9-7-18(27)14-17(24)15-21(22)28)8-10-25(20,3)23(16)26-11-5-4-6-12-26/h5-7,12-13,16,19-23,28-29H,4,8-11,14-15H2,1-3H3;4-6,11-12,14,17-20,22,27-28H,7-10,13,15H2,1-3H3;3-5,10-11,14,18-22,27-29H,6-9,12-13,15H2,1-2H3;4-6,11-12,15,18-22,27-28H,7-10,13-14H2,1-3H3/q4*+1/t19-,20-,21-,22-,23+,25-,26-;17-,18-,19-,20-,22+,24-,25-;18-,19-,20-,21-,22+,24-,25+;18-,19-,20-,21-,22+,24-,25-/m0000/s1. The molecule has 618 valence electrons. The van der Waals surface area contributed by atoms with Gasteiger partial charge in [0.05, 0.1) is 84.2 Å². The van der Waals surface area contributed by atoms with Gasteiger partial charge in [-0.15, -0.1) is 0 Å². The predicted molar refractivity (Wildman–Crippen MR) is 447 cm³/mol. The molecule has 0 aromatic carbocycles. The van der Waals surface area contributed by atoms with Crippen molar-refractivity contribution < 1.29 is 69.0 Å². The average Bonchev–Trinajstić information content (AvgIpc) is 1.63. The lowest BCUT2D eigenvalue weighted by Crippen LogP contribution is -2.57. The zero-order valence-corrected chi connectivity index (χ0v) is 71.0. The average molecular weight is 1570 g/mol. The molecule has 14 heteroatoms. The van der Waals surface area contributed by atoms with Crippen molar-refractivity contribution in [3.05, 3.63) is 191 Å². The van der Waals surface area contributed by atoms with Crippen LogP contribution in [0.1, 0.15) is 230 Å². The molecule has 14 nitrogen and oxygen atoms in total. The summed E-state index contributed by atoms with van der Waals surface area (Å²) in [6.45, 7) is 23.7. The van der Waals surface area contributed by atoms with E-state index in [1.807, 2.05) is 24.3 Å². The van der Waals surface area contributed by atoms with E-state index >= 15 is 0 Å². The Morgan fingerprint density at radius 2 is 0.583 bits per heavy atom. The molecule has 4 aromatic heterocycles. The number of aliphatic hydroxyl groups is 9. The predicted octanol–water partition coefficient (Wildman–Crippen LogP) is 15.4. The maximum Gasteiger partial charge on any atom is 0.230 e. The van der Waals surface area contributed by atoms with E-state index < -0.39 is 12.2 Å². The van der Waals surface area contributed by atoms with Crippen molar-refractivity contribution in [2.45, 2.75) is 279 Å². The summed E-state index contributed by atoms with van der Waals surface area (Å²) in [5, 5.41) is 96.8. The van der Waals surface area contributed by atoms with Crippen LogP contribution in [0.15, 0.2) is 191 Å². The highest BCUT2D eigenvalue weighted by Gasteiger charge is 2.69. The van der Waals surface area contributed by atoms with Crippen LogP contribution in [0.5, 0.6) is 0 Å². The minimum Gasteiger partial charge on any atom is -0.495 e. The van der Waals surface area contributed by atoms with E-state index in [1.54, 1.807) is 7.11 Å². The lowest BCUT2D eigenvalue weighted by molar-refractivity contribution is -0.591. The zero-order valence-electron chi connectivity index (χ0n) is 71.0. The van der Waals surface area contributed by atoms with Gasteiger partial charge in [-0.25, -0.2) is 0 Å². The van der Waals surface area contributed by atoms with E-state index in [0.717, 1.165) is 134 Å². The Hall–Kier alpha value is -6.04. The first kappa shape index (κ1) is 81.3. The molecule has 20 rings (SSSR count). The Morgan fingerprint density at radius 1 is 0.313 bits per heavy atom. The number of hydrogen-bond donors (Lipinski definition) is 9. The van der Waals surface area contributed by atoms with Crippen LogP contribution in [0.3, 0.4) is 0 Å². The van der Waals surface area contributed by atoms with Crippen molar-refractivity contribution in [3.63, 3.8) is 0 Å². The van der Waals surface area contributed by atoms with Crippen molar-refractivity contribution in [1.29, 1.82) is 0 Å². The maximum absolute atomic E-state index is 11.4. The van der Waals surface area contributed by atoms with Gasteiger partial charge in [0.25, 0.3) is 0 Å². The van der Waals surface area contributed by atoms with Gasteiger partial charge in [0.1, 0.15) is 0 Å². The SMILES string of the molecule is CC1=C([n+]2ccccc2)[C@@]2(C)CC[C@H]3[C@@H]([C@@H](O)C=C4C[C@@H](O)CC[C@@]43C)[C@@H]2C1.CC1=C([n+]2ccccc2)[C@@]2(CO)CC[C@H]3[C@@H]([C@@H](O)C=C4C[C@@H](O)CC[C@@]43C)[C@@H]2C1.CC[C@]12CC[C@H]3[C@@H]([C@@H](O)C=C4C[C@@H](O)CC[C@@]43C)[C@@H]1CC(C)=C2[n+]1ccccc1.COC1=C([n+]2ccccc2)[C@@]2(C)CC[C@H]3[C@@H]([C@@H](O)C=C4C[C@@H](O)CC[C@@]43C)[C@@H]2C1. The highest BCUT2D eigenvalue weighted by atomic mass is 16.5. The number of methoxy groups -OCH3 is 1. The number of rotatable bonds is 7. The summed E-state index contributed by atoms with van der Waals surface area (Å²) >= 11 is 0. The lowest BCUT2D eigenvalue weighted by atomic mass is 9.46. The second-order valence-corrected chi connectivity index (χ2v) is 41.3. The Kier molecular flexibility index (Phi) is 21.6. The number of nitrogens with zero attached hydrogens (tertiary/aromatic N) is 4. The van der Waals surface area contributed by atoms with E-state index in [1.165, 1.54) is 87.5 Å². The van der Waals surface area contributed by atoms with Gasteiger partial charge in [0, 0.05) is 55.0 Å². The Balaban J connectivity index is 0.000000111. The van der Waals surface area contributed by atoms with Crippen molar-refractivity contribution in [2.24, 2.45) is 114 Å². The third-order valence-electron chi connectivity index (χ3n) is 36.1. The third-order valence-corrected chi connectivity index (χ3v) is 36.1. The minimum absolute atomic E-state index is 0.00457. The number of allylic oxidation sites excluding steroid dienone is 7. The van der Waals surface area contributed by atoms with Gasteiger partial charge in [-0.2, -0.15) is 18.3 Å². The minimum atomic E-state index is -0.488. The Morgan fingerprint density at radius 3 is 0.930 bits per heavy atom. The zero-order chi connectivity index (χ0) is 80.8. The number of pyridine rings is 4. The molecule has 4 heterocycles. The highest BCUT2D eigenvalue weighted by molar-refractivity contribution is 5.57. The molecule has 4 aromatic rings. The van der Waals surface area contributed by atoms with Gasteiger partial charge in [-0.1, -0.05) is 105 Å². The van der Waals surface area contributed by atoms with Crippen LogP contribution in [-0.4, -0.2) is 109 Å². The Bertz CT molecular complexity index is 4430. The first-order valence-corrected chi connectivity index (χ1v) is 45.2. The van der Waals surface area contributed by atoms with E-state index in [-0.39, 0.29) is 104 Å². The molecule has 8 saturated carbocycles. The van der Waals surface area contributed by atoms with E-state index in [2.05, 4.69) is 210 Å². The summed E-state index contributed by atoms with van der Waals surface area (Å²) < 4.78 is 15.0. The molecule has 16 aliphatic rings. The van der Waals surface area contributed by atoms with Crippen LogP contribution in [0.2, 0.25) is 0 Å². The van der Waals surface area contributed by atoms with Crippen molar-refractivity contribution in [3.8, 4) is 0 Å². The van der Waals surface area contributed by atoms with Gasteiger partial charge >= 0.3 is 0 Å². The van der Waals surface area contributed by atoms with Crippen LogP contribution < -0.4 is 18.3 Å². The molecule has 0 bridgehead atoms. The number of aliphatic hydroxyl groups excluding tert-OH is 9. The fraction of sp³-hybridized carbons (Fsp3) is 0.644. The summed E-state index contributed by atoms with van der Waals surface area (Å²) in [5.74, 6) is 5.69. The maximum atomic E-state index is 11.4. The largest absolute Gasteiger partial charge is 0.495 e. The first-order chi connectivity index (χ1) is 55.0. The fourth-order valence-electron chi connectivity index (χ4n) is 30.6. The second kappa shape index (κ2) is 30.6. The molecule has 115 heavy (non-hydrogen) atoms. The molecular weight excluding hydrogens is 1430 g/mol. The molecule has 0 radical (unpaired) electrons. The lowest BCUT2D eigenvalue weighted by Gasteiger charge is -2.58. The third kappa shape index (κ3) is 12.9.